The highest BCUT2D eigenvalue weighted by molar-refractivity contribution is 14.1. The maximum absolute atomic E-state index is 5.17. The van der Waals surface area contributed by atoms with Crippen LogP contribution in [0.4, 0.5) is 11.4 Å². The van der Waals surface area contributed by atoms with E-state index in [-0.39, 0.29) is 0 Å². The van der Waals surface area contributed by atoms with Crippen molar-refractivity contribution < 1.29 is 0 Å². The van der Waals surface area contributed by atoms with Crippen LogP contribution < -0.4 is 0 Å². The summed E-state index contributed by atoms with van der Waals surface area (Å²) in [6.07, 6.45) is 0. The van der Waals surface area contributed by atoms with Crippen molar-refractivity contribution >= 4 is 68.0 Å². The SMILES string of the molecule is Ic1ccc(C2=Nc3ccccc3C(c3ccc(I)cc3)=Nc3ccccc32)cc1. The molecule has 4 aromatic carbocycles. The van der Waals surface area contributed by atoms with Gasteiger partial charge in [-0.05, 0) is 81.6 Å². The van der Waals surface area contributed by atoms with Crippen LogP contribution in [0.3, 0.4) is 0 Å². The Labute approximate surface area is 203 Å². The van der Waals surface area contributed by atoms with E-state index in [1.807, 2.05) is 12.1 Å². The third kappa shape index (κ3) is 3.86. The molecule has 0 fully saturated rings. The van der Waals surface area contributed by atoms with Crippen LogP contribution in [0, 0.1) is 7.14 Å². The van der Waals surface area contributed by atoms with Crippen LogP contribution in [0.15, 0.2) is 107 Å². The van der Waals surface area contributed by atoms with E-state index in [9.17, 15) is 0 Å². The van der Waals surface area contributed by atoms with Crippen molar-refractivity contribution in [1.82, 2.24) is 0 Å². The monoisotopic (exact) mass is 610 g/mol. The van der Waals surface area contributed by atoms with Gasteiger partial charge in [-0.3, -0.25) is 0 Å². The Balaban J connectivity index is 1.79. The highest BCUT2D eigenvalue weighted by Crippen LogP contribution is 2.33. The Kier molecular flexibility index (Phi) is 5.52. The molecular weight excluding hydrogens is 594 g/mol. The molecule has 0 N–H and O–H groups in total. The molecule has 0 radical (unpaired) electrons. The zero-order valence-electron chi connectivity index (χ0n) is 15.9. The molecule has 30 heavy (non-hydrogen) atoms. The Morgan fingerprint density at radius 3 is 1.20 bits per heavy atom. The quantitative estimate of drug-likeness (QED) is 0.185. The second-order valence-electron chi connectivity index (χ2n) is 6.97. The van der Waals surface area contributed by atoms with Gasteiger partial charge >= 0.3 is 0 Å². The highest BCUT2D eigenvalue weighted by Gasteiger charge is 2.19. The summed E-state index contributed by atoms with van der Waals surface area (Å²) in [5, 5.41) is 0. The average molecular weight is 610 g/mol. The first-order chi connectivity index (χ1) is 14.7. The van der Waals surface area contributed by atoms with Crippen molar-refractivity contribution in [3.63, 3.8) is 0 Å². The van der Waals surface area contributed by atoms with E-state index in [1.165, 1.54) is 7.14 Å². The topological polar surface area (TPSA) is 24.7 Å². The molecule has 0 amide bonds. The third-order valence-corrected chi connectivity index (χ3v) is 6.46. The van der Waals surface area contributed by atoms with Gasteiger partial charge in [0, 0.05) is 29.4 Å². The molecule has 144 valence electrons. The lowest BCUT2D eigenvalue weighted by molar-refractivity contribution is 1.39. The second kappa shape index (κ2) is 8.43. The van der Waals surface area contributed by atoms with E-state index in [0.717, 1.165) is 45.1 Å². The van der Waals surface area contributed by atoms with E-state index in [0.29, 0.717) is 0 Å². The summed E-state index contributed by atoms with van der Waals surface area (Å²) in [6, 6.07) is 33.5. The zero-order valence-corrected chi connectivity index (χ0v) is 20.2. The molecule has 1 aliphatic heterocycles. The van der Waals surface area contributed by atoms with E-state index < -0.39 is 0 Å². The minimum atomic E-state index is 0.929. The van der Waals surface area contributed by atoms with Gasteiger partial charge in [-0.1, -0.05) is 60.7 Å². The first-order valence-electron chi connectivity index (χ1n) is 9.57. The summed E-state index contributed by atoms with van der Waals surface area (Å²) in [5.41, 5.74) is 8.00. The van der Waals surface area contributed by atoms with E-state index in [1.54, 1.807) is 0 Å². The number of halogens is 2. The zero-order chi connectivity index (χ0) is 20.5. The van der Waals surface area contributed by atoms with Crippen LogP contribution in [0.2, 0.25) is 0 Å². The number of aliphatic imine (C=N–C) groups is 2. The summed E-state index contributed by atoms with van der Waals surface area (Å²) >= 11 is 4.66. The van der Waals surface area contributed by atoms with Crippen LogP contribution in [-0.4, -0.2) is 11.4 Å². The summed E-state index contributed by atoms with van der Waals surface area (Å²) in [6.45, 7) is 0. The second-order valence-corrected chi connectivity index (χ2v) is 9.46. The number of para-hydroxylation sites is 2. The number of fused-ring (bicyclic) bond motifs is 2. The molecule has 0 aliphatic carbocycles. The average Bonchev–Trinajstić information content (AvgIpc) is 2.77. The fraction of sp³-hybridized carbons (Fsp3) is 0. The van der Waals surface area contributed by atoms with Crippen molar-refractivity contribution in [3.8, 4) is 0 Å². The normalized spacial score (nSPS) is 12.7. The molecule has 0 saturated heterocycles. The maximum atomic E-state index is 5.17. The molecule has 4 aromatic rings. The summed E-state index contributed by atoms with van der Waals surface area (Å²) in [4.78, 5) is 10.3. The van der Waals surface area contributed by atoms with E-state index in [4.69, 9.17) is 9.98 Å². The maximum Gasteiger partial charge on any atom is 0.0803 e. The first kappa shape index (κ1) is 19.6. The van der Waals surface area contributed by atoms with E-state index >= 15 is 0 Å². The van der Waals surface area contributed by atoms with Crippen LogP contribution in [0.5, 0.6) is 0 Å². The van der Waals surface area contributed by atoms with Gasteiger partial charge in [-0.2, -0.15) is 0 Å². The van der Waals surface area contributed by atoms with Gasteiger partial charge in [0.25, 0.3) is 0 Å². The standard InChI is InChI=1S/C26H16I2N2/c27-19-13-9-17(10-14-19)25-21-5-1-3-7-23(21)29-26(18-11-15-20(28)16-12-18)22-6-2-4-8-24(22)30-25/h1-16H. The number of nitrogens with zero attached hydrogens (tertiary/aromatic N) is 2. The molecular formula is C26H16I2N2. The molecule has 1 aliphatic rings. The van der Waals surface area contributed by atoms with Gasteiger partial charge in [0.1, 0.15) is 0 Å². The number of hydrogen-bond acceptors (Lipinski definition) is 2. The lowest BCUT2D eigenvalue weighted by Gasteiger charge is -2.18. The van der Waals surface area contributed by atoms with Gasteiger partial charge in [0.2, 0.25) is 0 Å². The third-order valence-electron chi connectivity index (χ3n) is 5.02. The lowest BCUT2D eigenvalue weighted by atomic mass is 9.96. The van der Waals surface area contributed by atoms with Crippen LogP contribution >= 0.6 is 45.2 Å². The molecule has 0 atom stereocenters. The fourth-order valence-corrected chi connectivity index (χ4v) is 4.28. The Hall–Kier alpha value is -2.32. The van der Waals surface area contributed by atoms with Crippen molar-refractivity contribution in [2.45, 2.75) is 0 Å². The summed E-state index contributed by atoms with van der Waals surface area (Å²) in [7, 11) is 0. The summed E-state index contributed by atoms with van der Waals surface area (Å²) < 4.78 is 2.41. The van der Waals surface area contributed by atoms with Crippen molar-refractivity contribution in [2.75, 3.05) is 0 Å². The smallest absolute Gasteiger partial charge is 0.0803 e. The van der Waals surface area contributed by atoms with Crippen LogP contribution in [0.25, 0.3) is 0 Å². The Morgan fingerprint density at radius 1 is 0.433 bits per heavy atom. The molecule has 2 nitrogen and oxygen atoms in total. The number of benzene rings is 4. The highest BCUT2D eigenvalue weighted by atomic mass is 127. The molecule has 0 spiro atoms. The Bertz CT molecular complexity index is 1180. The molecule has 0 unspecified atom stereocenters. The van der Waals surface area contributed by atoms with Gasteiger partial charge < -0.3 is 0 Å². The molecule has 0 bridgehead atoms. The predicted molar refractivity (Wildman–Crippen MR) is 142 cm³/mol. The molecule has 0 saturated carbocycles. The molecule has 1 heterocycles. The fourth-order valence-electron chi connectivity index (χ4n) is 3.56. The van der Waals surface area contributed by atoms with Gasteiger partial charge in [-0.25, -0.2) is 9.98 Å². The van der Waals surface area contributed by atoms with Gasteiger partial charge in [0.15, 0.2) is 0 Å². The molecule has 0 aromatic heterocycles. The van der Waals surface area contributed by atoms with Crippen LogP contribution in [-0.2, 0) is 0 Å². The number of rotatable bonds is 2. The van der Waals surface area contributed by atoms with Gasteiger partial charge in [0.05, 0.1) is 22.8 Å². The van der Waals surface area contributed by atoms with Gasteiger partial charge in [-0.15, -0.1) is 0 Å². The Morgan fingerprint density at radius 2 is 0.800 bits per heavy atom. The minimum absolute atomic E-state index is 0.929. The molecule has 5 rings (SSSR count). The minimum Gasteiger partial charge on any atom is -0.247 e. The largest absolute Gasteiger partial charge is 0.247 e. The lowest BCUT2D eigenvalue weighted by Crippen LogP contribution is -2.10. The van der Waals surface area contributed by atoms with Crippen molar-refractivity contribution in [1.29, 1.82) is 0 Å². The number of hydrogen-bond donors (Lipinski definition) is 0. The van der Waals surface area contributed by atoms with Crippen molar-refractivity contribution in [2.24, 2.45) is 9.98 Å². The van der Waals surface area contributed by atoms with Crippen molar-refractivity contribution in [3.05, 3.63) is 126 Å². The summed E-state index contributed by atoms with van der Waals surface area (Å²) in [5.74, 6) is 0. The van der Waals surface area contributed by atoms with E-state index in [2.05, 4.69) is 130 Å². The van der Waals surface area contributed by atoms with Crippen LogP contribution in [0.1, 0.15) is 22.3 Å². The predicted octanol–water partition coefficient (Wildman–Crippen LogP) is 7.55. The first-order valence-corrected chi connectivity index (χ1v) is 11.7. The molecule has 4 heteroatoms.